The van der Waals surface area contributed by atoms with E-state index in [0.717, 1.165) is 5.69 Å². The molecule has 1 saturated heterocycles. The predicted molar refractivity (Wildman–Crippen MR) is 127 cm³/mol. The van der Waals surface area contributed by atoms with Gasteiger partial charge in [0.2, 0.25) is 0 Å². The third-order valence-corrected chi connectivity index (χ3v) is 6.11. The molecule has 1 heterocycles. The van der Waals surface area contributed by atoms with Gasteiger partial charge in [-0.25, -0.2) is 0 Å². The molecule has 0 aromatic heterocycles. The standard InChI is InChI=1S/C28H27NO4/c1-19(21-13-10-14-22(17-21)24(30)20-11-6-4-7-12-20)27(32)33-25-26(31)29(18-28(25,2)3)23-15-8-5-9-16-23/h4-17,19,25H,18H2,1-3H3/t19-,25+/m0/s1. The number of para-hydroxylation sites is 1. The molecule has 4 rings (SSSR count). The van der Waals surface area contributed by atoms with Crippen LogP contribution in [-0.2, 0) is 14.3 Å². The lowest BCUT2D eigenvalue weighted by atomic mass is 9.89. The summed E-state index contributed by atoms with van der Waals surface area (Å²) in [5.41, 5.74) is 2.02. The Morgan fingerprint density at radius 2 is 1.52 bits per heavy atom. The predicted octanol–water partition coefficient (Wildman–Crippen LogP) is 5.01. The van der Waals surface area contributed by atoms with Crippen molar-refractivity contribution in [3.8, 4) is 0 Å². The second kappa shape index (κ2) is 9.02. The zero-order valence-corrected chi connectivity index (χ0v) is 19.0. The quantitative estimate of drug-likeness (QED) is 0.399. The van der Waals surface area contributed by atoms with Crippen LogP contribution in [0, 0.1) is 5.41 Å². The summed E-state index contributed by atoms with van der Waals surface area (Å²) < 4.78 is 5.78. The highest BCUT2D eigenvalue weighted by Gasteiger charge is 2.49. The number of hydrogen-bond donors (Lipinski definition) is 0. The van der Waals surface area contributed by atoms with Gasteiger partial charge in [0.05, 0.1) is 5.92 Å². The number of nitrogens with zero attached hydrogens (tertiary/aromatic N) is 1. The number of carbonyl (C=O) groups excluding carboxylic acids is 3. The molecule has 2 atom stereocenters. The number of ether oxygens (including phenoxy) is 1. The van der Waals surface area contributed by atoms with Crippen molar-refractivity contribution in [2.75, 3.05) is 11.4 Å². The highest BCUT2D eigenvalue weighted by Crippen LogP contribution is 2.37. The Bertz CT molecular complexity index is 1170. The summed E-state index contributed by atoms with van der Waals surface area (Å²) in [6, 6.07) is 25.4. The van der Waals surface area contributed by atoms with Crippen LogP contribution in [0.3, 0.4) is 0 Å². The van der Waals surface area contributed by atoms with Gasteiger partial charge in [-0.15, -0.1) is 0 Å². The van der Waals surface area contributed by atoms with Crippen LogP contribution < -0.4 is 4.90 Å². The van der Waals surface area contributed by atoms with Gasteiger partial charge in [0.25, 0.3) is 5.91 Å². The molecule has 3 aromatic rings. The maximum Gasteiger partial charge on any atom is 0.313 e. The second-order valence-corrected chi connectivity index (χ2v) is 9.11. The Morgan fingerprint density at radius 3 is 2.18 bits per heavy atom. The van der Waals surface area contributed by atoms with Gasteiger partial charge in [0.15, 0.2) is 11.9 Å². The van der Waals surface area contributed by atoms with Crippen molar-refractivity contribution in [2.45, 2.75) is 32.8 Å². The average molecular weight is 442 g/mol. The molecule has 1 amide bonds. The van der Waals surface area contributed by atoms with Crippen LogP contribution in [0.1, 0.15) is 48.2 Å². The zero-order valence-electron chi connectivity index (χ0n) is 19.0. The molecule has 5 heteroatoms. The van der Waals surface area contributed by atoms with Crippen LogP contribution in [-0.4, -0.2) is 30.3 Å². The van der Waals surface area contributed by atoms with Crippen LogP contribution in [0.25, 0.3) is 0 Å². The highest BCUT2D eigenvalue weighted by molar-refractivity contribution is 6.09. The van der Waals surface area contributed by atoms with Crippen molar-refractivity contribution in [3.05, 3.63) is 102 Å². The Morgan fingerprint density at radius 1 is 0.909 bits per heavy atom. The summed E-state index contributed by atoms with van der Waals surface area (Å²) in [5, 5.41) is 0. The third kappa shape index (κ3) is 4.58. The largest absolute Gasteiger partial charge is 0.451 e. The number of ketones is 1. The van der Waals surface area contributed by atoms with Crippen molar-refractivity contribution >= 4 is 23.3 Å². The molecule has 1 fully saturated rings. The van der Waals surface area contributed by atoms with Gasteiger partial charge in [-0.1, -0.05) is 80.6 Å². The smallest absolute Gasteiger partial charge is 0.313 e. The number of carbonyl (C=O) groups is 3. The highest BCUT2D eigenvalue weighted by atomic mass is 16.6. The molecule has 1 aliphatic heterocycles. The summed E-state index contributed by atoms with van der Waals surface area (Å²) in [4.78, 5) is 40.6. The number of amides is 1. The van der Waals surface area contributed by atoms with Crippen LogP contribution in [0.2, 0.25) is 0 Å². The van der Waals surface area contributed by atoms with Crippen LogP contribution in [0.15, 0.2) is 84.9 Å². The topological polar surface area (TPSA) is 63.7 Å². The summed E-state index contributed by atoms with van der Waals surface area (Å²) in [6.45, 7) is 6.05. The molecule has 3 aromatic carbocycles. The molecule has 0 radical (unpaired) electrons. The fourth-order valence-corrected chi connectivity index (χ4v) is 4.14. The molecule has 5 nitrogen and oxygen atoms in total. The van der Waals surface area contributed by atoms with Crippen LogP contribution >= 0.6 is 0 Å². The van der Waals surface area contributed by atoms with Gasteiger partial charge in [-0.3, -0.25) is 14.4 Å². The summed E-state index contributed by atoms with van der Waals surface area (Å²) in [6.07, 6.45) is -0.873. The lowest BCUT2D eigenvalue weighted by Crippen LogP contribution is -2.37. The minimum Gasteiger partial charge on any atom is -0.451 e. The number of esters is 1. The van der Waals surface area contributed by atoms with E-state index >= 15 is 0 Å². The first kappa shape index (κ1) is 22.5. The van der Waals surface area contributed by atoms with E-state index in [1.807, 2.05) is 62.4 Å². The lowest BCUT2D eigenvalue weighted by molar-refractivity contribution is -0.159. The molecule has 0 spiro atoms. The first-order valence-corrected chi connectivity index (χ1v) is 11.0. The van der Waals surface area contributed by atoms with E-state index in [1.54, 1.807) is 48.2 Å². The number of hydrogen-bond acceptors (Lipinski definition) is 4. The minimum absolute atomic E-state index is 0.108. The minimum atomic E-state index is -0.873. The van der Waals surface area contributed by atoms with E-state index in [2.05, 4.69) is 0 Å². The molecule has 168 valence electrons. The third-order valence-electron chi connectivity index (χ3n) is 6.11. The summed E-state index contributed by atoms with van der Waals surface area (Å²) in [7, 11) is 0. The van der Waals surface area contributed by atoms with Crippen molar-refractivity contribution in [1.82, 2.24) is 0 Å². The Labute approximate surface area is 194 Å². The van der Waals surface area contributed by atoms with E-state index in [0.29, 0.717) is 23.2 Å². The van der Waals surface area contributed by atoms with E-state index in [9.17, 15) is 14.4 Å². The van der Waals surface area contributed by atoms with Gasteiger partial charge in [-0.05, 0) is 30.7 Å². The van der Waals surface area contributed by atoms with Gasteiger partial charge < -0.3 is 9.64 Å². The van der Waals surface area contributed by atoms with Crippen molar-refractivity contribution in [3.63, 3.8) is 0 Å². The van der Waals surface area contributed by atoms with E-state index < -0.39 is 23.4 Å². The van der Waals surface area contributed by atoms with Gasteiger partial charge in [0, 0.05) is 28.8 Å². The SMILES string of the molecule is C[C@H](C(=O)O[C@@H]1C(=O)N(c2ccccc2)CC1(C)C)c1cccc(C(=O)c2ccccc2)c1. The molecule has 0 aliphatic carbocycles. The second-order valence-electron chi connectivity index (χ2n) is 9.11. The molecule has 0 bridgehead atoms. The monoisotopic (exact) mass is 441 g/mol. The van der Waals surface area contributed by atoms with Crippen molar-refractivity contribution < 1.29 is 19.1 Å². The average Bonchev–Trinajstić information content (AvgIpc) is 3.07. The first-order valence-electron chi connectivity index (χ1n) is 11.0. The Kier molecular flexibility index (Phi) is 6.14. The maximum absolute atomic E-state index is 13.1. The maximum atomic E-state index is 13.1. The van der Waals surface area contributed by atoms with E-state index in [-0.39, 0.29) is 11.7 Å². The number of anilines is 1. The Hall–Kier alpha value is -3.73. The zero-order chi connectivity index (χ0) is 23.6. The van der Waals surface area contributed by atoms with Crippen LogP contribution in [0.4, 0.5) is 5.69 Å². The van der Waals surface area contributed by atoms with Crippen molar-refractivity contribution in [2.24, 2.45) is 5.41 Å². The van der Waals surface area contributed by atoms with Gasteiger partial charge in [-0.2, -0.15) is 0 Å². The fraction of sp³-hybridized carbons (Fsp3) is 0.250. The van der Waals surface area contributed by atoms with Gasteiger partial charge in [0.1, 0.15) is 0 Å². The molecule has 0 saturated carbocycles. The van der Waals surface area contributed by atoms with E-state index in [1.165, 1.54) is 0 Å². The fourth-order valence-electron chi connectivity index (χ4n) is 4.14. The summed E-state index contributed by atoms with van der Waals surface area (Å²) in [5.74, 6) is -1.44. The molecule has 0 N–H and O–H groups in total. The van der Waals surface area contributed by atoms with Crippen LogP contribution in [0.5, 0.6) is 0 Å². The Balaban J connectivity index is 1.51. The lowest BCUT2D eigenvalue weighted by Gasteiger charge is -2.25. The van der Waals surface area contributed by atoms with Gasteiger partial charge >= 0.3 is 5.97 Å². The normalized spacial score (nSPS) is 18.1. The van der Waals surface area contributed by atoms with Crippen molar-refractivity contribution in [1.29, 1.82) is 0 Å². The first-order chi connectivity index (χ1) is 15.8. The molecular formula is C28H27NO4. The molecular weight excluding hydrogens is 414 g/mol. The molecule has 1 aliphatic rings. The molecule has 33 heavy (non-hydrogen) atoms. The number of rotatable bonds is 6. The molecule has 0 unspecified atom stereocenters. The summed E-state index contributed by atoms with van der Waals surface area (Å²) >= 11 is 0. The number of benzene rings is 3. The van der Waals surface area contributed by atoms with E-state index in [4.69, 9.17) is 4.74 Å².